The number of hydrogen-bond donors (Lipinski definition) is 1. The SMILES string of the molecule is C=C(C)C1CC(=O)C(C)=CC1CO. The molecule has 1 aliphatic rings. The second-order valence-corrected chi connectivity index (χ2v) is 3.78. The number of hydrogen-bond acceptors (Lipinski definition) is 2. The van der Waals surface area contributed by atoms with Gasteiger partial charge in [0.25, 0.3) is 0 Å². The molecule has 2 heteroatoms. The van der Waals surface area contributed by atoms with Gasteiger partial charge in [-0.05, 0) is 25.3 Å². The molecule has 2 unspecified atom stereocenters. The number of aliphatic hydroxyl groups excluding tert-OH is 1. The van der Waals surface area contributed by atoms with E-state index in [9.17, 15) is 4.79 Å². The van der Waals surface area contributed by atoms with Gasteiger partial charge in [-0.25, -0.2) is 0 Å². The van der Waals surface area contributed by atoms with Crippen molar-refractivity contribution in [1.82, 2.24) is 0 Å². The van der Waals surface area contributed by atoms with Gasteiger partial charge in [-0.1, -0.05) is 18.2 Å². The molecule has 0 saturated carbocycles. The van der Waals surface area contributed by atoms with Gasteiger partial charge < -0.3 is 5.11 Å². The lowest BCUT2D eigenvalue weighted by molar-refractivity contribution is -0.117. The third-order valence-electron chi connectivity index (χ3n) is 2.67. The van der Waals surface area contributed by atoms with E-state index < -0.39 is 0 Å². The van der Waals surface area contributed by atoms with Crippen molar-refractivity contribution >= 4 is 5.78 Å². The Morgan fingerprint density at radius 1 is 1.77 bits per heavy atom. The van der Waals surface area contributed by atoms with Crippen molar-refractivity contribution in [2.75, 3.05) is 6.61 Å². The lowest BCUT2D eigenvalue weighted by Gasteiger charge is -2.27. The topological polar surface area (TPSA) is 37.3 Å². The van der Waals surface area contributed by atoms with Crippen LogP contribution in [0, 0.1) is 11.8 Å². The Kier molecular flexibility index (Phi) is 3.04. The summed E-state index contributed by atoms with van der Waals surface area (Å²) in [7, 11) is 0. The summed E-state index contributed by atoms with van der Waals surface area (Å²) in [5.74, 6) is 0.383. The van der Waals surface area contributed by atoms with Gasteiger partial charge in [0.2, 0.25) is 0 Å². The van der Waals surface area contributed by atoms with Crippen LogP contribution in [0.3, 0.4) is 0 Å². The summed E-state index contributed by atoms with van der Waals surface area (Å²) in [6.07, 6.45) is 2.37. The monoisotopic (exact) mass is 180 g/mol. The molecule has 2 atom stereocenters. The molecule has 0 spiro atoms. The molecule has 1 rings (SSSR count). The van der Waals surface area contributed by atoms with Crippen LogP contribution in [0.25, 0.3) is 0 Å². The van der Waals surface area contributed by atoms with Crippen molar-refractivity contribution in [3.63, 3.8) is 0 Å². The van der Waals surface area contributed by atoms with Crippen LogP contribution >= 0.6 is 0 Å². The summed E-state index contributed by atoms with van der Waals surface area (Å²) >= 11 is 0. The highest BCUT2D eigenvalue weighted by Gasteiger charge is 2.27. The molecule has 0 saturated heterocycles. The van der Waals surface area contributed by atoms with E-state index in [1.165, 1.54) is 0 Å². The summed E-state index contributed by atoms with van der Waals surface area (Å²) in [6, 6.07) is 0. The van der Waals surface area contributed by atoms with E-state index in [1.54, 1.807) is 6.92 Å². The van der Waals surface area contributed by atoms with Crippen LogP contribution in [0.5, 0.6) is 0 Å². The Morgan fingerprint density at radius 2 is 2.38 bits per heavy atom. The lowest BCUT2D eigenvalue weighted by atomic mass is 9.77. The number of carbonyl (C=O) groups excluding carboxylic acids is 1. The van der Waals surface area contributed by atoms with E-state index in [-0.39, 0.29) is 24.2 Å². The minimum absolute atomic E-state index is 0.0789. The van der Waals surface area contributed by atoms with Gasteiger partial charge in [-0.15, -0.1) is 0 Å². The maximum atomic E-state index is 11.4. The molecular formula is C11H16O2. The van der Waals surface area contributed by atoms with Crippen LogP contribution < -0.4 is 0 Å². The Labute approximate surface area is 79.0 Å². The average Bonchev–Trinajstić information content (AvgIpc) is 2.08. The van der Waals surface area contributed by atoms with Crippen molar-refractivity contribution in [3.8, 4) is 0 Å². The highest BCUT2D eigenvalue weighted by atomic mass is 16.3. The molecule has 0 radical (unpaired) electrons. The van der Waals surface area contributed by atoms with Gasteiger partial charge in [0.15, 0.2) is 5.78 Å². The summed E-state index contributed by atoms with van der Waals surface area (Å²) in [5, 5.41) is 9.12. The second kappa shape index (κ2) is 3.88. The zero-order valence-electron chi connectivity index (χ0n) is 8.21. The van der Waals surface area contributed by atoms with E-state index in [4.69, 9.17) is 5.11 Å². The zero-order chi connectivity index (χ0) is 10.0. The van der Waals surface area contributed by atoms with Crippen LogP contribution in [0.15, 0.2) is 23.8 Å². The number of allylic oxidation sites excluding steroid dienone is 2. The van der Waals surface area contributed by atoms with Crippen LogP contribution in [0.1, 0.15) is 20.3 Å². The van der Waals surface area contributed by atoms with Gasteiger partial charge >= 0.3 is 0 Å². The number of rotatable bonds is 2. The van der Waals surface area contributed by atoms with Crippen LogP contribution in [-0.4, -0.2) is 17.5 Å². The largest absolute Gasteiger partial charge is 0.396 e. The van der Waals surface area contributed by atoms with Gasteiger partial charge in [0.05, 0.1) is 0 Å². The molecule has 0 fully saturated rings. The van der Waals surface area contributed by atoms with E-state index >= 15 is 0 Å². The van der Waals surface area contributed by atoms with E-state index in [1.807, 2.05) is 13.0 Å². The fraction of sp³-hybridized carbons (Fsp3) is 0.545. The minimum Gasteiger partial charge on any atom is -0.396 e. The van der Waals surface area contributed by atoms with Crippen LogP contribution in [-0.2, 0) is 4.79 Å². The predicted molar refractivity (Wildman–Crippen MR) is 52.3 cm³/mol. The normalized spacial score (nSPS) is 28.5. The van der Waals surface area contributed by atoms with Gasteiger partial charge in [0, 0.05) is 18.9 Å². The van der Waals surface area contributed by atoms with Crippen LogP contribution in [0.2, 0.25) is 0 Å². The van der Waals surface area contributed by atoms with Gasteiger partial charge in [-0.2, -0.15) is 0 Å². The summed E-state index contributed by atoms with van der Waals surface area (Å²) in [4.78, 5) is 11.4. The molecule has 13 heavy (non-hydrogen) atoms. The molecule has 2 nitrogen and oxygen atoms in total. The van der Waals surface area contributed by atoms with Crippen LogP contribution in [0.4, 0.5) is 0 Å². The lowest BCUT2D eigenvalue weighted by Crippen LogP contribution is -2.26. The predicted octanol–water partition coefficient (Wildman–Crippen LogP) is 1.71. The van der Waals surface area contributed by atoms with Gasteiger partial charge in [0.1, 0.15) is 0 Å². The average molecular weight is 180 g/mol. The van der Waals surface area contributed by atoms with E-state index in [0.717, 1.165) is 11.1 Å². The Morgan fingerprint density at radius 3 is 2.85 bits per heavy atom. The number of ketones is 1. The Hall–Kier alpha value is -0.890. The quantitative estimate of drug-likeness (QED) is 0.657. The zero-order valence-corrected chi connectivity index (χ0v) is 8.21. The summed E-state index contributed by atoms with van der Waals surface area (Å²) in [5.41, 5.74) is 1.76. The molecule has 0 amide bonds. The number of carbonyl (C=O) groups is 1. The molecule has 0 bridgehead atoms. The molecule has 0 aromatic rings. The fourth-order valence-electron chi connectivity index (χ4n) is 1.76. The second-order valence-electron chi connectivity index (χ2n) is 3.78. The maximum absolute atomic E-state index is 11.4. The standard InChI is InChI=1S/C11H16O2/c1-7(2)10-5-11(13)8(3)4-9(10)6-12/h4,9-10,12H,1,5-6H2,2-3H3. The Balaban J connectivity index is 2.89. The van der Waals surface area contributed by atoms with Gasteiger partial charge in [-0.3, -0.25) is 4.79 Å². The highest BCUT2D eigenvalue weighted by Crippen LogP contribution is 2.30. The van der Waals surface area contributed by atoms with Crippen molar-refractivity contribution in [2.24, 2.45) is 11.8 Å². The van der Waals surface area contributed by atoms with Crippen molar-refractivity contribution in [3.05, 3.63) is 23.8 Å². The highest BCUT2D eigenvalue weighted by molar-refractivity contribution is 5.96. The molecule has 72 valence electrons. The first kappa shape index (κ1) is 10.2. The summed E-state index contributed by atoms with van der Waals surface area (Å²) < 4.78 is 0. The minimum atomic E-state index is 0.0789. The van der Waals surface area contributed by atoms with Crippen molar-refractivity contribution in [1.29, 1.82) is 0 Å². The molecule has 0 aromatic heterocycles. The third kappa shape index (κ3) is 2.07. The van der Waals surface area contributed by atoms with E-state index in [2.05, 4.69) is 6.58 Å². The third-order valence-corrected chi connectivity index (χ3v) is 2.67. The van der Waals surface area contributed by atoms with Crippen molar-refractivity contribution in [2.45, 2.75) is 20.3 Å². The molecule has 1 N–H and O–H groups in total. The molecular weight excluding hydrogens is 164 g/mol. The smallest absolute Gasteiger partial charge is 0.158 e. The van der Waals surface area contributed by atoms with E-state index in [0.29, 0.717) is 6.42 Å². The Bertz CT molecular complexity index is 263. The molecule has 0 heterocycles. The first-order chi connectivity index (χ1) is 6.06. The molecule has 0 aliphatic heterocycles. The van der Waals surface area contributed by atoms with Crippen molar-refractivity contribution < 1.29 is 9.90 Å². The molecule has 1 aliphatic carbocycles. The summed E-state index contributed by atoms with van der Waals surface area (Å²) in [6.45, 7) is 7.66. The maximum Gasteiger partial charge on any atom is 0.158 e. The number of aliphatic hydroxyl groups is 1. The first-order valence-electron chi connectivity index (χ1n) is 4.54. The fourth-order valence-corrected chi connectivity index (χ4v) is 1.76. The molecule has 0 aromatic carbocycles. The number of Topliss-reactive ketones (excluding diaryl/α,β-unsaturated/α-hetero) is 1. The first-order valence-corrected chi connectivity index (χ1v) is 4.54.